The molecule has 0 spiro atoms. The maximum Gasteiger partial charge on any atom is 0.140 e. The molecule has 5 heteroatoms. The second kappa shape index (κ2) is 7.44. The molecule has 4 aliphatic carbocycles. The van der Waals surface area contributed by atoms with Gasteiger partial charge in [0.25, 0.3) is 0 Å². The van der Waals surface area contributed by atoms with Crippen LogP contribution >= 0.6 is 0 Å². The summed E-state index contributed by atoms with van der Waals surface area (Å²) in [6.07, 6.45) is 8.66. The lowest BCUT2D eigenvalue weighted by atomic mass is 9.44. The standard InChI is InChI=1S/C25H38N2O3/c1-4-16-20(27-30-15-9-12-26-14-15)8-11-25(3)19-7-10-24(2)18(5-6-22(24)29)17(19)13-21(28)23(16)25/h15,17-19,23,26-27H,4-14H2,1-3H3/t15-,17+,18+,19+,23?,24+,25-/m1/s1. The van der Waals surface area contributed by atoms with Gasteiger partial charge in [0.05, 0.1) is 6.10 Å². The zero-order valence-corrected chi connectivity index (χ0v) is 18.9. The average Bonchev–Trinajstić information content (AvgIpc) is 3.34. The molecule has 5 rings (SSSR count). The van der Waals surface area contributed by atoms with Gasteiger partial charge in [-0.2, -0.15) is 0 Å². The third-order valence-electron chi connectivity index (χ3n) is 9.81. The molecule has 2 N–H and O–H groups in total. The highest BCUT2D eigenvalue weighted by molar-refractivity contribution is 5.89. The lowest BCUT2D eigenvalue weighted by Crippen LogP contribution is -2.56. The van der Waals surface area contributed by atoms with Crippen LogP contribution < -0.4 is 10.8 Å². The van der Waals surface area contributed by atoms with Gasteiger partial charge in [-0.15, -0.1) is 0 Å². The molecule has 4 fully saturated rings. The van der Waals surface area contributed by atoms with Crippen molar-refractivity contribution < 1.29 is 14.4 Å². The van der Waals surface area contributed by atoms with Crippen molar-refractivity contribution in [1.82, 2.24) is 10.8 Å². The molecular formula is C25H38N2O3. The smallest absolute Gasteiger partial charge is 0.140 e. The van der Waals surface area contributed by atoms with Crippen molar-refractivity contribution in [3.8, 4) is 0 Å². The second-order valence-electron chi connectivity index (χ2n) is 11.1. The van der Waals surface area contributed by atoms with Crippen LogP contribution in [0, 0.1) is 34.5 Å². The monoisotopic (exact) mass is 414 g/mol. The Balaban J connectivity index is 1.42. The first-order chi connectivity index (χ1) is 14.4. The quantitative estimate of drug-likeness (QED) is 0.682. The molecule has 166 valence electrons. The van der Waals surface area contributed by atoms with Crippen molar-refractivity contribution in [2.75, 3.05) is 13.1 Å². The first-order valence-corrected chi connectivity index (χ1v) is 12.3. The Bertz CT molecular complexity index is 770. The lowest BCUT2D eigenvalue weighted by Gasteiger charge is -2.59. The van der Waals surface area contributed by atoms with Crippen molar-refractivity contribution in [2.45, 2.75) is 84.7 Å². The molecule has 7 atom stereocenters. The molecule has 0 aromatic rings. The minimum absolute atomic E-state index is 0.0202. The summed E-state index contributed by atoms with van der Waals surface area (Å²) in [6, 6.07) is 0. The summed E-state index contributed by atoms with van der Waals surface area (Å²) < 4.78 is 0. The highest BCUT2D eigenvalue weighted by Crippen LogP contribution is 2.65. The van der Waals surface area contributed by atoms with Crippen LogP contribution in [-0.2, 0) is 14.4 Å². The zero-order valence-electron chi connectivity index (χ0n) is 18.9. The summed E-state index contributed by atoms with van der Waals surface area (Å²) in [5, 5.41) is 3.34. The first-order valence-electron chi connectivity index (χ1n) is 12.3. The van der Waals surface area contributed by atoms with E-state index in [0.29, 0.717) is 35.7 Å². The van der Waals surface area contributed by atoms with Gasteiger partial charge in [0.2, 0.25) is 0 Å². The van der Waals surface area contributed by atoms with Crippen molar-refractivity contribution >= 4 is 11.6 Å². The lowest BCUT2D eigenvalue weighted by molar-refractivity contribution is -0.150. The van der Waals surface area contributed by atoms with Crippen LogP contribution in [0.4, 0.5) is 0 Å². The van der Waals surface area contributed by atoms with Crippen molar-refractivity contribution in [3.05, 3.63) is 11.3 Å². The van der Waals surface area contributed by atoms with Crippen LogP contribution in [0.2, 0.25) is 0 Å². The Labute approximate surface area is 180 Å². The molecular weight excluding hydrogens is 376 g/mol. The van der Waals surface area contributed by atoms with Gasteiger partial charge in [-0.25, -0.2) is 0 Å². The molecule has 5 nitrogen and oxygen atoms in total. The molecule has 0 aromatic carbocycles. The number of Topliss-reactive ketones (excluding diaryl/α,β-unsaturated/α-hetero) is 2. The van der Waals surface area contributed by atoms with E-state index >= 15 is 0 Å². The average molecular weight is 415 g/mol. The Kier molecular flexibility index (Phi) is 5.13. The number of allylic oxidation sites excluding steroid dienone is 2. The fourth-order valence-electron chi connectivity index (χ4n) is 8.16. The molecule has 1 heterocycles. The van der Waals surface area contributed by atoms with Crippen molar-refractivity contribution in [3.63, 3.8) is 0 Å². The van der Waals surface area contributed by atoms with Crippen LogP contribution in [0.3, 0.4) is 0 Å². The SMILES string of the molecule is CCC1=C(NO[C@@H]2CCNC2)CC[C@@]2(C)C1C(=O)C[C@@H]1[C@@H]2CC[C@]2(C)C(=O)CC[C@@H]12. The summed E-state index contributed by atoms with van der Waals surface area (Å²) in [6.45, 7) is 8.67. The zero-order chi connectivity index (χ0) is 21.1. The minimum Gasteiger partial charge on any atom is -0.314 e. The number of carbonyl (C=O) groups excluding carboxylic acids is 2. The van der Waals surface area contributed by atoms with E-state index < -0.39 is 0 Å². The maximum atomic E-state index is 13.6. The summed E-state index contributed by atoms with van der Waals surface area (Å²) in [5.74, 6) is 2.27. The largest absolute Gasteiger partial charge is 0.314 e. The highest BCUT2D eigenvalue weighted by Gasteiger charge is 2.62. The number of hydrogen-bond acceptors (Lipinski definition) is 5. The van der Waals surface area contributed by atoms with Gasteiger partial charge in [-0.3, -0.25) is 19.9 Å². The molecule has 30 heavy (non-hydrogen) atoms. The third-order valence-corrected chi connectivity index (χ3v) is 9.81. The van der Waals surface area contributed by atoms with Crippen LogP contribution in [0.15, 0.2) is 11.3 Å². The van der Waals surface area contributed by atoms with E-state index in [2.05, 4.69) is 31.6 Å². The second-order valence-corrected chi connectivity index (χ2v) is 11.1. The molecule has 0 radical (unpaired) electrons. The van der Waals surface area contributed by atoms with Gasteiger partial charge in [-0.1, -0.05) is 20.8 Å². The predicted molar refractivity (Wildman–Crippen MR) is 115 cm³/mol. The summed E-state index contributed by atoms with van der Waals surface area (Å²) in [5.41, 5.74) is 5.61. The fourth-order valence-corrected chi connectivity index (χ4v) is 8.16. The van der Waals surface area contributed by atoms with Gasteiger partial charge in [0.15, 0.2) is 0 Å². The molecule has 0 amide bonds. The van der Waals surface area contributed by atoms with Gasteiger partial charge in [0, 0.05) is 36.4 Å². The van der Waals surface area contributed by atoms with Gasteiger partial charge < -0.3 is 5.32 Å². The Morgan fingerprint density at radius 3 is 2.67 bits per heavy atom. The summed E-state index contributed by atoms with van der Waals surface area (Å²) >= 11 is 0. The van der Waals surface area contributed by atoms with E-state index in [4.69, 9.17) is 4.84 Å². The summed E-state index contributed by atoms with van der Waals surface area (Å²) in [7, 11) is 0. The van der Waals surface area contributed by atoms with Crippen molar-refractivity contribution in [2.24, 2.45) is 34.5 Å². The molecule has 3 saturated carbocycles. The predicted octanol–water partition coefficient (Wildman–Crippen LogP) is 3.93. The normalized spacial score (nSPS) is 45.9. The van der Waals surface area contributed by atoms with Crippen LogP contribution in [-0.4, -0.2) is 30.8 Å². The topological polar surface area (TPSA) is 67.4 Å². The van der Waals surface area contributed by atoms with Gasteiger partial charge in [0.1, 0.15) is 11.6 Å². The number of hydroxylamine groups is 1. The highest BCUT2D eigenvalue weighted by atomic mass is 16.7. The number of nitrogens with one attached hydrogen (secondary N) is 2. The molecule has 1 aliphatic heterocycles. The molecule has 1 unspecified atom stereocenters. The summed E-state index contributed by atoms with van der Waals surface area (Å²) in [4.78, 5) is 32.3. The van der Waals surface area contributed by atoms with E-state index in [1.807, 2.05) is 0 Å². The molecule has 0 bridgehead atoms. The van der Waals surface area contributed by atoms with Gasteiger partial charge in [-0.05, 0) is 80.2 Å². The number of rotatable bonds is 4. The van der Waals surface area contributed by atoms with E-state index in [1.54, 1.807) is 0 Å². The third kappa shape index (κ3) is 2.95. The maximum absolute atomic E-state index is 13.6. The van der Waals surface area contributed by atoms with Crippen LogP contribution in [0.5, 0.6) is 0 Å². The number of ketones is 2. The molecule has 0 aromatic heterocycles. The Morgan fingerprint density at radius 1 is 1.10 bits per heavy atom. The van der Waals surface area contributed by atoms with Crippen LogP contribution in [0.25, 0.3) is 0 Å². The van der Waals surface area contributed by atoms with Crippen molar-refractivity contribution in [1.29, 1.82) is 0 Å². The van der Waals surface area contributed by atoms with E-state index in [-0.39, 0.29) is 22.9 Å². The first kappa shape index (κ1) is 20.7. The van der Waals surface area contributed by atoms with Gasteiger partial charge >= 0.3 is 0 Å². The Hall–Kier alpha value is -1.20. The van der Waals surface area contributed by atoms with E-state index in [9.17, 15) is 9.59 Å². The number of fused-ring (bicyclic) bond motifs is 5. The molecule has 1 saturated heterocycles. The van der Waals surface area contributed by atoms with E-state index in [0.717, 1.165) is 70.2 Å². The Morgan fingerprint density at radius 2 is 1.93 bits per heavy atom. The van der Waals surface area contributed by atoms with E-state index in [1.165, 1.54) is 5.57 Å². The fraction of sp³-hybridized carbons (Fsp3) is 0.840. The molecule has 5 aliphatic rings. The van der Waals surface area contributed by atoms with Crippen LogP contribution in [0.1, 0.15) is 78.6 Å². The number of hydrogen-bond donors (Lipinski definition) is 2. The minimum atomic E-state index is -0.168. The number of carbonyl (C=O) groups is 2.